The Balaban J connectivity index is 1.27. The molecule has 4 heteroatoms. The summed E-state index contributed by atoms with van der Waals surface area (Å²) in [5.74, 6) is 1.98. The van der Waals surface area contributed by atoms with E-state index in [1.807, 2.05) is 47.7 Å². The number of hydrogen-bond acceptors (Lipinski definition) is 4. The predicted molar refractivity (Wildman–Crippen MR) is 207 cm³/mol. The molecular weight excluding hydrogens is 615 g/mol. The van der Waals surface area contributed by atoms with Crippen molar-refractivity contribution in [1.29, 1.82) is 0 Å². The molecule has 2 aromatic heterocycles. The molecule has 2 heterocycles. The molecule has 0 saturated carbocycles. The molecule has 0 radical (unpaired) electrons. The molecule has 8 aromatic carbocycles. The van der Waals surface area contributed by atoms with Crippen LogP contribution in [0.3, 0.4) is 0 Å². The molecule has 0 aliphatic rings. The highest BCUT2D eigenvalue weighted by Gasteiger charge is 2.19. The molecule has 0 spiro atoms. The molecule has 0 N–H and O–H groups in total. The number of hydrogen-bond donors (Lipinski definition) is 0. The highest BCUT2D eigenvalue weighted by molar-refractivity contribution is 7.26. The van der Waals surface area contributed by atoms with E-state index in [0.717, 1.165) is 27.8 Å². The van der Waals surface area contributed by atoms with Gasteiger partial charge in [-0.05, 0) is 67.7 Å². The van der Waals surface area contributed by atoms with Gasteiger partial charge in [0.2, 0.25) is 0 Å². The van der Waals surface area contributed by atoms with Gasteiger partial charge in [0.1, 0.15) is 0 Å². The minimum absolute atomic E-state index is 0.659. The van der Waals surface area contributed by atoms with Crippen LogP contribution < -0.4 is 0 Å². The number of benzene rings is 8. The van der Waals surface area contributed by atoms with E-state index < -0.39 is 0 Å². The minimum atomic E-state index is 0.659. The van der Waals surface area contributed by atoms with Gasteiger partial charge in [-0.25, -0.2) is 15.0 Å². The number of nitrogens with zero attached hydrogens (tertiary/aromatic N) is 3. The van der Waals surface area contributed by atoms with Crippen LogP contribution in [-0.4, -0.2) is 15.0 Å². The van der Waals surface area contributed by atoms with Crippen molar-refractivity contribution in [2.75, 3.05) is 0 Å². The van der Waals surface area contributed by atoms with E-state index >= 15 is 0 Å². The molecule has 228 valence electrons. The number of thiophene rings is 1. The Morgan fingerprint density at radius 3 is 1.41 bits per heavy atom. The Morgan fingerprint density at radius 1 is 0.306 bits per heavy atom. The average Bonchev–Trinajstić information content (AvgIpc) is 3.57. The van der Waals surface area contributed by atoms with Gasteiger partial charge in [0.25, 0.3) is 0 Å². The molecule has 0 unspecified atom stereocenters. The normalized spacial score (nSPS) is 11.7. The first-order valence-corrected chi connectivity index (χ1v) is 17.3. The third-order valence-corrected chi connectivity index (χ3v) is 10.6. The maximum Gasteiger partial charge on any atom is 0.164 e. The van der Waals surface area contributed by atoms with Crippen LogP contribution >= 0.6 is 11.3 Å². The smallest absolute Gasteiger partial charge is 0.164 e. The van der Waals surface area contributed by atoms with Crippen LogP contribution in [0.5, 0.6) is 0 Å². The standard InChI is InChI=1S/C45H27N3S/c1-3-13-28(14-4-1)43-46-44(29-15-5-2-6-16-29)48-45(47-43)39-26-31(27-41-42(39)37-21-11-12-22-40(37)49-41)30-23-24-36-34-19-8-7-17-32(34)33-18-9-10-20-35(33)38(36)25-30/h1-27H. The third kappa shape index (κ3) is 4.61. The fourth-order valence-electron chi connectivity index (χ4n) is 7.21. The summed E-state index contributed by atoms with van der Waals surface area (Å²) in [4.78, 5) is 15.3. The van der Waals surface area contributed by atoms with E-state index in [9.17, 15) is 0 Å². The van der Waals surface area contributed by atoms with E-state index in [2.05, 4.69) is 127 Å². The Labute approximate surface area is 286 Å². The minimum Gasteiger partial charge on any atom is -0.208 e. The number of rotatable bonds is 4. The lowest BCUT2D eigenvalue weighted by molar-refractivity contribution is 1.08. The third-order valence-electron chi connectivity index (χ3n) is 9.50. The summed E-state index contributed by atoms with van der Waals surface area (Å²) < 4.78 is 2.45. The zero-order valence-corrected chi connectivity index (χ0v) is 27.2. The Hall–Kier alpha value is -6.23. The first-order valence-electron chi connectivity index (χ1n) is 16.4. The fourth-order valence-corrected chi connectivity index (χ4v) is 8.39. The first-order chi connectivity index (χ1) is 24.3. The van der Waals surface area contributed by atoms with Crippen LogP contribution in [0.15, 0.2) is 164 Å². The van der Waals surface area contributed by atoms with Crippen molar-refractivity contribution in [2.24, 2.45) is 0 Å². The summed E-state index contributed by atoms with van der Waals surface area (Å²) in [6.45, 7) is 0. The van der Waals surface area contributed by atoms with Crippen LogP contribution in [0.1, 0.15) is 0 Å². The van der Waals surface area contributed by atoms with Gasteiger partial charge < -0.3 is 0 Å². The summed E-state index contributed by atoms with van der Waals surface area (Å²) >= 11 is 1.82. The lowest BCUT2D eigenvalue weighted by Crippen LogP contribution is -2.00. The Morgan fingerprint density at radius 2 is 0.796 bits per heavy atom. The monoisotopic (exact) mass is 641 g/mol. The van der Waals surface area contributed by atoms with Crippen LogP contribution in [0.4, 0.5) is 0 Å². The molecule has 0 bridgehead atoms. The topological polar surface area (TPSA) is 38.7 Å². The van der Waals surface area contributed by atoms with E-state index in [4.69, 9.17) is 15.0 Å². The molecule has 49 heavy (non-hydrogen) atoms. The predicted octanol–water partition coefficient (Wildman–Crippen LogP) is 12.4. The Kier molecular flexibility index (Phi) is 6.36. The molecule has 0 amide bonds. The maximum atomic E-state index is 5.18. The van der Waals surface area contributed by atoms with Crippen molar-refractivity contribution >= 4 is 63.8 Å². The van der Waals surface area contributed by atoms with Gasteiger partial charge in [0, 0.05) is 36.9 Å². The van der Waals surface area contributed by atoms with Gasteiger partial charge in [-0.15, -0.1) is 11.3 Å². The zero-order valence-electron chi connectivity index (χ0n) is 26.3. The van der Waals surface area contributed by atoms with Gasteiger partial charge in [-0.1, -0.05) is 140 Å². The highest BCUT2D eigenvalue weighted by atomic mass is 32.1. The molecule has 0 aliphatic heterocycles. The lowest BCUT2D eigenvalue weighted by atomic mass is 9.91. The van der Waals surface area contributed by atoms with Gasteiger partial charge >= 0.3 is 0 Å². The maximum absolute atomic E-state index is 5.18. The van der Waals surface area contributed by atoms with Gasteiger partial charge in [0.15, 0.2) is 17.5 Å². The quantitative estimate of drug-likeness (QED) is 0.180. The van der Waals surface area contributed by atoms with Crippen molar-refractivity contribution in [2.45, 2.75) is 0 Å². The lowest BCUT2D eigenvalue weighted by Gasteiger charge is -2.14. The number of fused-ring (bicyclic) bond motifs is 9. The van der Waals surface area contributed by atoms with Crippen LogP contribution in [0, 0.1) is 0 Å². The van der Waals surface area contributed by atoms with Crippen LogP contribution in [-0.2, 0) is 0 Å². The van der Waals surface area contributed by atoms with Crippen molar-refractivity contribution in [3.63, 3.8) is 0 Å². The summed E-state index contributed by atoms with van der Waals surface area (Å²) in [5, 5.41) is 9.99. The fraction of sp³-hybridized carbons (Fsp3) is 0. The molecule has 3 nitrogen and oxygen atoms in total. The highest BCUT2D eigenvalue weighted by Crippen LogP contribution is 2.44. The zero-order chi connectivity index (χ0) is 32.3. The number of aromatic nitrogens is 3. The molecule has 0 aliphatic carbocycles. The van der Waals surface area contributed by atoms with Crippen LogP contribution in [0.2, 0.25) is 0 Å². The average molecular weight is 642 g/mol. The summed E-state index contributed by atoms with van der Waals surface area (Å²) in [5.41, 5.74) is 5.22. The van der Waals surface area contributed by atoms with Crippen molar-refractivity contribution < 1.29 is 0 Å². The Bertz CT molecular complexity index is 2780. The molecular formula is C45H27N3S. The van der Waals surface area contributed by atoms with Crippen molar-refractivity contribution in [3.05, 3.63) is 164 Å². The molecule has 0 atom stereocenters. The van der Waals surface area contributed by atoms with Crippen molar-refractivity contribution in [3.8, 4) is 45.3 Å². The summed E-state index contributed by atoms with van der Waals surface area (Å²) in [6.07, 6.45) is 0. The summed E-state index contributed by atoms with van der Waals surface area (Å²) in [7, 11) is 0. The van der Waals surface area contributed by atoms with E-state index in [1.54, 1.807) is 0 Å². The van der Waals surface area contributed by atoms with E-state index in [1.165, 1.54) is 52.5 Å². The molecule has 0 fully saturated rings. The molecule has 0 saturated heterocycles. The second kappa shape index (κ2) is 11.2. The SMILES string of the molecule is c1ccc(-c2nc(-c3ccccc3)nc(-c3cc(-c4ccc5c6ccccc6c6ccccc6c5c4)cc4sc5ccccc5c34)n2)cc1. The van der Waals surface area contributed by atoms with Gasteiger partial charge in [-0.2, -0.15) is 0 Å². The van der Waals surface area contributed by atoms with Crippen LogP contribution in [0.25, 0.3) is 97.8 Å². The second-order valence-corrected chi connectivity index (χ2v) is 13.5. The van der Waals surface area contributed by atoms with Crippen molar-refractivity contribution in [1.82, 2.24) is 15.0 Å². The second-order valence-electron chi connectivity index (χ2n) is 12.4. The molecule has 10 aromatic rings. The summed E-state index contributed by atoms with van der Waals surface area (Å²) in [6, 6.07) is 58.0. The van der Waals surface area contributed by atoms with Gasteiger partial charge in [0.05, 0.1) is 0 Å². The van der Waals surface area contributed by atoms with E-state index in [0.29, 0.717) is 17.5 Å². The van der Waals surface area contributed by atoms with Gasteiger partial charge in [-0.3, -0.25) is 0 Å². The largest absolute Gasteiger partial charge is 0.208 e. The first kappa shape index (κ1) is 27.8. The van der Waals surface area contributed by atoms with E-state index in [-0.39, 0.29) is 0 Å². The molecule has 10 rings (SSSR count).